The van der Waals surface area contributed by atoms with Gasteiger partial charge in [-0.1, -0.05) is 368 Å². The molecule has 0 amide bonds. The highest BCUT2D eigenvalue weighted by Gasteiger charge is 2.55. The Labute approximate surface area is 707 Å². The molecule has 12 aromatic rings. The van der Waals surface area contributed by atoms with Gasteiger partial charge < -0.3 is 0 Å². The number of benzene rings is 6. The SMILES string of the molecule is CCCCCCCCCCCCc1ccc(C2(c3ccc(CCCCCCCCCCCC)cc3)c3cc(-c4ccc(C=O)c5nsnc45)sc3-c3sc4c5c(sc4c32)-c2sc(-c3ccc(C=O)c4nsnc34)cc2C5(c2ccc(CCCCCCCCCCCC)cc2)c2ccc(CCCCCCCCCCCC)cc2)cc1. The summed E-state index contributed by atoms with van der Waals surface area (Å²) in [6, 6.07) is 53.3. The fourth-order valence-electron chi connectivity index (χ4n) is 19.0. The van der Waals surface area contributed by atoms with E-state index in [0.717, 1.165) is 70.2 Å². The maximum atomic E-state index is 12.7. The molecule has 6 aromatic heterocycles. The molecule has 2 aliphatic rings. The van der Waals surface area contributed by atoms with Crippen LogP contribution in [0.2, 0.25) is 0 Å². The molecule has 6 aromatic carbocycles. The van der Waals surface area contributed by atoms with Gasteiger partial charge in [0.15, 0.2) is 12.6 Å². The third-order valence-electron chi connectivity index (χ3n) is 25.5. The van der Waals surface area contributed by atoms with Gasteiger partial charge >= 0.3 is 0 Å². The number of hydrogen-bond acceptors (Lipinski definition) is 12. The molecule has 114 heavy (non-hydrogen) atoms. The van der Waals surface area contributed by atoms with Crippen LogP contribution in [0.5, 0.6) is 0 Å². The van der Waals surface area contributed by atoms with Crippen LogP contribution in [0.3, 0.4) is 0 Å². The molecule has 0 fully saturated rings. The monoisotopic (exact) mass is 1630 g/mol. The van der Waals surface area contributed by atoms with E-state index in [1.807, 2.05) is 57.5 Å². The van der Waals surface area contributed by atoms with Gasteiger partial charge in [0.2, 0.25) is 0 Å². The van der Waals surface area contributed by atoms with Crippen LogP contribution in [0.25, 0.3) is 71.9 Å². The van der Waals surface area contributed by atoms with Crippen LogP contribution in [-0.2, 0) is 36.5 Å². The standard InChI is InChI=1S/C102H124N4O2S6/c1-5-9-13-17-21-25-29-33-37-41-45-73-49-59-79(60-50-73)101(80-61-51-74(52-62-80)46-42-38-34-30-26-22-18-14-10-6-2)85-69-87(83-67-57-77(71-107)91-93(83)105-113-103-91)109-95(85)97-89(101)99-100(111-97)90-98(112-99)96-86(70-88(110-96)84-68-58-78(72-108)92-94(84)106-114-104-92)102(90,81-63-53-75(54-64-81)47-43-39-35-31-27-23-19-15-11-7-3)82-65-55-76(56-66-82)48-44-40-36-32-28-24-20-16-12-8-4/h49-72H,5-48H2,1-4H3. The Hall–Kier alpha value is -6.64. The average molecular weight is 1630 g/mol. The van der Waals surface area contributed by atoms with E-state index in [1.54, 1.807) is 0 Å². The molecule has 12 heteroatoms. The van der Waals surface area contributed by atoms with Crippen molar-refractivity contribution in [1.82, 2.24) is 17.5 Å². The van der Waals surface area contributed by atoms with E-state index in [1.165, 1.54) is 376 Å². The molecular weight excluding hydrogens is 1510 g/mol. The lowest BCUT2D eigenvalue weighted by Crippen LogP contribution is -2.29. The molecule has 14 rings (SSSR count). The van der Waals surface area contributed by atoms with Crippen molar-refractivity contribution < 1.29 is 9.59 Å². The van der Waals surface area contributed by atoms with Crippen molar-refractivity contribution in [2.45, 2.75) is 321 Å². The lowest BCUT2D eigenvalue weighted by atomic mass is 9.67. The van der Waals surface area contributed by atoms with Gasteiger partial charge in [-0.2, -0.15) is 17.5 Å². The first kappa shape index (κ1) is 83.8. The summed E-state index contributed by atoms with van der Waals surface area (Å²) in [7, 11) is 0. The molecule has 0 bridgehead atoms. The van der Waals surface area contributed by atoms with Crippen molar-refractivity contribution >= 4 is 113 Å². The Balaban J connectivity index is 0.915. The minimum atomic E-state index is -0.702. The Morgan fingerprint density at radius 2 is 0.518 bits per heavy atom. The third-order valence-corrected chi connectivity index (χ3v) is 31.7. The lowest BCUT2D eigenvalue weighted by molar-refractivity contribution is 0.111. The second-order valence-corrected chi connectivity index (χ2v) is 38.8. The summed E-state index contributed by atoms with van der Waals surface area (Å²) in [6.07, 6.45) is 59.2. The van der Waals surface area contributed by atoms with Crippen LogP contribution in [-0.4, -0.2) is 30.1 Å². The van der Waals surface area contributed by atoms with E-state index < -0.39 is 10.8 Å². The average Bonchev–Trinajstić information content (AvgIpc) is 1.48. The van der Waals surface area contributed by atoms with Crippen molar-refractivity contribution in [3.8, 4) is 40.4 Å². The minimum Gasteiger partial charge on any atom is -0.298 e. The molecule has 6 heterocycles. The summed E-state index contributed by atoms with van der Waals surface area (Å²) in [6.45, 7) is 9.24. The first-order valence-corrected chi connectivity index (χ1v) is 49.8. The fraction of sp³-hybridized carbons (Fsp3) is 0.490. The zero-order valence-electron chi connectivity index (χ0n) is 69.0. The van der Waals surface area contributed by atoms with Gasteiger partial charge in [0.25, 0.3) is 0 Å². The second-order valence-electron chi connectivity index (χ2n) is 33.6. The van der Waals surface area contributed by atoms with Gasteiger partial charge in [0.05, 0.1) is 63.2 Å². The molecule has 0 saturated carbocycles. The van der Waals surface area contributed by atoms with Crippen LogP contribution in [0.15, 0.2) is 133 Å². The van der Waals surface area contributed by atoms with Crippen LogP contribution >= 0.6 is 68.8 Å². The number of aromatic nitrogens is 4. The quantitative estimate of drug-likeness (QED) is 0.0279. The van der Waals surface area contributed by atoms with Crippen LogP contribution < -0.4 is 0 Å². The van der Waals surface area contributed by atoms with E-state index in [4.69, 9.17) is 17.5 Å². The van der Waals surface area contributed by atoms with E-state index in [0.29, 0.717) is 22.2 Å². The largest absolute Gasteiger partial charge is 0.298 e. The van der Waals surface area contributed by atoms with Gasteiger partial charge in [-0.05, 0) is 131 Å². The summed E-state index contributed by atoms with van der Waals surface area (Å²) in [5.74, 6) is 0. The molecule has 0 radical (unpaired) electrons. The van der Waals surface area contributed by atoms with Gasteiger partial charge in [-0.25, -0.2) is 0 Å². The predicted molar refractivity (Wildman–Crippen MR) is 496 cm³/mol. The molecule has 6 nitrogen and oxygen atoms in total. The second kappa shape index (κ2) is 42.2. The maximum Gasteiger partial charge on any atom is 0.152 e. The van der Waals surface area contributed by atoms with Crippen molar-refractivity contribution in [2.24, 2.45) is 0 Å². The number of fused-ring (bicyclic) bond motifs is 11. The highest BCUT2D eigenvalue weighted by atomic mass is 32.1. The number of aryl methyl sites for hydroxylation is 4. The lowest BCUT2D eigenvalue weighted by Gasteiger charge is -2.34. The van der Waals surface area contributed by atoms with E-state index in [2.05, 4.69) is 149 Å². The summed E-state index contributed by atoms with van der Waals surface area (Å²) in [5, 5.41) is 0. The van der Waals surface area contributed by atoms with Crippen LogP contribution in [0.4, 0.5) is 0 Å². The summed E-state index contributed by atoms with van der Waals surface area (Å²) in [5.41, 5.74) is 21.0. The zero-order valence-corrected chi connectivity index (χ0v) is 73.9. The Kier molecular flexibility index (Phi) is 31.0. The number of hydrogen-bond donors (Lipinski definition) is 0. The van der Waals surface area contributed by atoms with Crippen LogP contribution in [0, 0.1) is 0 Å². The Morgan fingerprint density at radius 3 is 0.772 bits per heavy atom. The highest BCUT2D eigenvalue weighted by molar-refractivity contribution is 7.35. The highest BCUT2D eigenvalue weighted by Crippen LogP contribution is 2.71. The molecule has 600 valence electrons. The Morgan fingerprint density at radius 1 is 0.272 bits per heavy atom. The normalized spacial score (nSPS) is 13.3. The van der Waals surface area contributed by atoms with E-state index in [-0.39, 0.29) is 0 Å². The van der Waals surface area contributed by atoms with E-state index in [9.17, 15) is 9.59 Å². The fourth-order valence-corrected chi connectivity index (χ4v) is 26.0. The van der Waals surface area contributed by atoms with Gasteiger partial charge in [0, 0.05) is 43.1 Å². The van der Waals surface area contributed by atoms with Gasteiger partial charge in [-0.15, -0.1) is 45.3 Å². The summed E-state index contributed by atoms with van der Waals surface area (Å²) < 4.78 is 22.2. The maximum absolute atomic E-state index is 12.7. The van der Waals surface area contributed by atoms with E-state index >= 15 is 0 Å². The number of aldehydes is 2. The molecule has 0 N–H and O–H groups in total. The molecule has 0 aliphatic heterocycles. The topological polar surface area (TPSA) is 85.7 Å². The van der Waals surface area contributed by atoms with Crippen molar-refractivity contribution in [1.29, 1.82) is 0 Å². The first-order valence-electron chi connectivity index (χ1n) is 45.1. The predicted octanol–water partition coefficient (Wildman–Crippen LogP) is 32.6. The number of thiophene rings is 4. The number of unbranched alkanes of at least 4 members (excludes halogenated alkanes) is 36. The van der Waals surface area contributed by atoms with Crippen molar-refractivity contribution in [3.63, 3.8) is 0 Å². The minimum absolute atomic E-state index is 0.576. The molecule has 2 aliphatic carbocycles. The van der Waals surface area contributed by atoms with Gasteiger partial charge in [-0.3, -0.25) is 9.59 Å². The van der Waals surface area contributed by atoms with Crippen LogP contribution in [0.1, 0.15) is 372 Å². The summed E-state index contributed by atoms with van der Waals surface area (Å²) in [4.78, 5) is 33.0. The number of nitrogens with zero attached hydrogens (tertiary/aromatic N) is 4. The van der Waals surface area contributed by atoms with Gasteiger partial charge in [0.1, 0.15) is 22.1 Å². The molecule has 0 saturated heterocycles. The molecular formula is C102H124N4O2S6. The third kappa shape index (κ3) is 18.8. The Bertz CT molecular complexity index is 4550. The first-order chi connectivity index (χ1) is 56.4. The van der Waals surface area contributed by atoms with Crippen molar-refractivity contribution in [3.05, 3.63) is 211 Å². The number of rotatable bonds is 52. The number of carbonyl (C=O) groups is 2. The molecule has 0 atom stereocenters. The molecule has 0 spiro atoms. The smallest absolute Gasteiger partial charge is 0.152 e. The number of carbonyl (C=O) groups excluding carboxylic acids is 2. The van der Waals surface area contributed by atoms with Crippen molar-refractivity contribution in [2.75, 3.05) is 0 Å². The summed E-state index contributed by atoms with van der Waals surface area (Å²) >= 11 is 10.3. The molecule has 0 unspecified atom stereocenters. The zero-order chi connectivity index (χ0) is 78.3.